The van der Waals surface area contributed by atoms with E-state index in [2.05, 4.69) is 214 Å². The summed E-state index contributed by atoms with van der Waals surface area (Å²) in [5.74, 6) is 1.56. The van der Waals surface area contributed by atoms with Crippen LogP contribution in [0.5, 0.6) is 11.5 Å². The normalized spacial score (nSPS) is 16.7. The Morgan fingerprint density at radius 3 is 1.69 bits per heavy atom. The maximum Gasteiger partial charge on any atom is 0.137 e. The van der Waals surface area contributed by atoms with Gasteiger partial charge in [-0.25, -0.2) is 4.98 Å². The molecule has 0 radical (unpaired) electrons. The molecular formula is C82H92N4O. The first-order valence-electron chi connectivity index (χ1n) is 35.6. The third-order valence-corrected chi connectivity index (χ3v) is 18.5. The lowest BCUT2D eigenvalue weighted by molar-refractivity contribution is 0.332. The van der Waals surface area contributed by atoms with Gasteiger partial charge in [0, 0.05) is 51.5 Å². The van der Waals surface area contributed by atoms with Crippen LogP contribution in [0.15, 0.2) is 176 Å². The van der Waals surface area contributed by atoms with Crippen LogP contribution >= 0.6 is 0 Å². The van der Waals surface area contributed by atoms with Crippen molar-refractivity contribution in [2.24, 2.45) is 0 Å². The molecule has 1 aliphatic heterocycles. The molecule has 10 aromatic rings. The van der Waals surface area contributed by atoms with Gasteiger partial charge in [0.1, 0.15) is 24.0 Å². The van der Waals surface area contributed by atoms with Crippen LogP contribution in [0, 0.1) is 0 Å². The van der Waals surface area contributed by atoms with E-state index in [1.807, 2.05) is 53.2 Å². The number of anilines is 4. The molecular weight excluding hydrogens is 1060 g/mol. The number of fused-ring (bicyclic) bond motifs is 5. The minimum atomic E-state index is -0.451. The minimum Gasteiger partial charge on any atom is -0.457 e. The van der Waals surface area contributed by atoms with Crippen molar-refractivity contribution in [1.29, 1.82) is 0 Å². The number of rotatable bonds is 8. The maximum absolute atomic E-state index is 9.62. The van der Waals surface area contributed by atoms with Crippen molar-refractivity contribution in [3.8, 4) is 50.7 Å². The Morgan fingerprint density at radius 1 is 0.460 bits per heavy atom. The summed E-state index contributed by atoms with van der Waals surface area (Å²) in [4.78, 5) is 9.81. The Balaban J connectivity index is 1.05. The molecule has 446 valence electrons. The van der Waals surface area contributed by atoms with Crippen molar-refractivity contribution >= 4 is 44.6 Å². The van der Waals surface area contributed by atoms with Crippen molar-refractivity contribution in [3.05, 3.63) is 215 Å². The van der Waals surface area contributed by atoms with Gasteiger partial charge in [0.25, 0.3) is 0 Å². The highest BCUT2D eigenvalue weighted by atomic mass is 16.5. The van der Waals surface area contributed by atoms with Gasteiger partial charge in [-0.05, 0) is 167 Å². The van der Waals surface area contributed by atoms with E-state index in [4.69, 9.17) is 16.6 Å². The lowest BCUT2D eigenvalue weighted by Gasteiger charge is -2.43. The van der Waals surface area contributed by atoms with Gasteiger partial charge in [0.05, 0.1) is 40.4 Å². The zero-order chi connectivity index (χ0) is 70.0. The number of pyridine rings is 1. The van der Waals surface area contributed by atoms with Gasteiger partial charge in [0.2, 0.25) is 0 Å². The Kier molecular flexibility index (Phi) is 11.8. The lowest BCUT2D eigenvalue weighted by atomic mass is 9.61. The highest BCUT2D eigenvalue weighted by molar-refractivity contribution is 6.09. The summed E-state index contributed by atoms with van der Waals surface area (Å²) in [6, 6.07) is 37.4. The van der Waals surface area contributed by atoms with Crippen LogP contribution in [0.3, 0.4) is 0 Å². The largest absolute Gasteiger partial charge is 0.457 e. The van der Waals surface area contributed by atoms with Crippen LogP contribution in [0.2, 0.25) is 0 Å². The molecule has 5 nitrogen and oxygen atoms in total. The zero-order valence-corrected chi connectivity index (χ0v) is 54.9. The molecule has 2 aliphatic rings. The van der Waals surface area contributed by atoms with Crippen LogP contribution in [-0.2, 0) is 37.9 Å². The second-order valence-electron chi connectivity index (χ2n) is 31.1. The van der Waals surface area contributed by atoms with Crippen molar-refractivity contribution in [3.63, 3.8) is 0 Å². The van der Waals surface area contributed by atoms with E-state index >= 15 is 0 Å². The van der Waals surface area contributed by atoms with E-state index in [0.717, 1.165) is 80.0 Å². The standard InChI is InChI=1S/C82H92N4O/c1-76(2,3)54-40-53(41-55(42-54)77(4,5)6)65-46-57(79(10,11)12)45-64(52-28-21-20-22-29-52)75(65)85-51-84(70-34-25-26-35-71(70)85)58-43-56(78(7,8)9)44-60(47-58)87-59-36-37-62-61-30-23-24-33-69(61)86(72(62)48-59)73-49-68(80(13,14)15)66(50-83-73)63-31-27-32-67-74(63)82(18,19)39-38-81(67,16)17/h20-37,40-50H,38-39,51H2,1-19H3/i20D,21D,22D,23D,24D,28D,29D,30D,33D. The molecule has 0 bridgehead atoms. The first kappa shape index (κ1) is 49.1. The molecule has 2 aromatic heterocycles. The van der Waals surface area contributed by atoms with Gasteiger partial charge in [0.15, 0.2) is 0 Å². The van der Waals surface area contributed by atoms with Crippen LogP contribution in [0.1, 0.15) is 196 Å². The van der Waals surface area contributed by atoms with E-state index in [1.54, 1.807) is 0 Å². The fraction of sp³-hybridized carbons (Fsp3) is 0.354. The quantitative estimate of drug-likeness (QED) is 0.152. The summed E-state index contributed by atoms with van der Waals surface area (Å²) >= 11 is 0. The highest BCUT2D eigenvalue weighted by Crippen LogP contribution is 2.54. The summed E-state index contributed by atoms with van der Waals surface area (Å²) in [7, 11) is 0. The van der Waals surface area contributed by atoms with Gasteiger partial charge in [-0.15, -0.1) is 0 Å². The SMILES string of the molecule is [2H]c1c([2H])c([2H])c(-c2cc(C(C)(C)C)cc(-c3cc(C(C)(C)C)cc(C(C)(C)C)c3)c2N2CN(c3cc(Oc4ccc5c6c([2H])c([2H])c([2H])c([2H])c6n(-c6cc(C(C)(C)C)c(-c7cccc8c7C(C)(C)CCC8(C)C)cn6)c5c4)cc(C(C)(C)C)c3)c3ccccc32)c([2H])c1[2H]. The van der Waals surface area contributed by atoms with Gasteiger partial charge in [-0.3, -0.25) is 4.57 Å². The Labute approximate surface area is 533 Å². The summed E-state index contributed by atoms with van der Waals surface area (Å²) in [6.07, 6.45) is 4.10. The third-order valence-electron chi connectivity index (χ3n) is 18.5. The fourth-order valence-electron chi connectivity index (χ4n) is 13.2. The second kappa shape index (κ2) is 20.9. The molecule has 1 aliphatic carbocycles. The molecule has 12 rings (SSSR count). The number of nitrogens with zero attached hydrogens (tertiary/aromatic N) is 4. The summed E-state index contributed by atoms with van der Waals surface area (Å²) in [5, 5.41) is 1.02. The first-order valence-corrected chi connectivity index (χ1v) is 31.1. The molecule has 5 heteroatoms. The van der Waals surface area contributed by atoms with E-state index < -0.39 is 23.5 Å². The lowest BCUT2D eigenvalue weighted by Crippen LogP contribution is -2.34. The molecule has 0 atom stereocenters. The van der Waals surface area contributed by atoms with Gasteiger partial charge < -0.3 is 14.5 Å². The molecule has 0 spiro atoms. The third kappa shape index (κ3) is 11.0. The summed E-state index contributed by atoms with van der Waals surface area (Å²) in [6.45, 7) is 42.6. The number of para-hydroxylation sites is 3. The number of aromatic nitrogens is 2. The molecule has 3 heterocycles. The number of benzene rings is 8. The van der Waals surface area contributed by atoms with Crippen LogP contribution in [0.4, 0.5) is 22.7 Å². The van der Waals surface area contributed by atoms with Crippen LogP contribution < -0.4 is 14.5 Å². The molecule has 8 aromatic carbocycles. The van der Waals surface area contributed by atoms with E-state index in [0.29, 0.717) is 50.4 Å². The summed E-state index contributed by atoms with van der Waals surface area (Å²) < 4.78 is 92.1. The average molecular weight is 1160 g/mol. The molecule has 0 unspecified atom stereocenters. The fourth-order valence-corrected chi connectivity index (χ4v) is 13.2. The Bertz CT molecular complexity index is 4810. The van der Waals surface area contributed by atoms with Crippen molar-refractivity contribution in [2.75, 3.05) is 16.5 Å². The van der Waals surface area contributed by atoms with Crippen LogP contribution in [-0.4, -0.2) is 16.2 Å². The zero-order valence-electron chi connectivity index (χ0n) is 63.9. The molecule has 0 saturated heterocycles. The summed E-state index contributed by atoms with van der Waals surface area (Å²) in [5.41, 5.74) is 15.2. The van der Waals surface area contributed by atoms with Crippen molar-refractivity contribution in [1.82, 2.24) is 9.55 Å². The average Bonchev–Trinajstić information content (AvgIpc) is 1.47. The van der Waals surface area contributed by atoms with Gasteiger partial charge >= 0.3 is 0 Å². The smallest absolute Gasteiger partial charge is 0.137 e. The van der Waals surface area contributed by atoms with Crippen LogP contribution in [0.25, 0.3) is 61.0 Å². The van der Waals surface area contributed by atoms with Crippen molar-refractivity contribution < 1.29 is 17.1 Å². The molecule has 0 fully saturated rings. The highest BCUT2D eigenvalue weighted by Gasteiger charge is 2.40. The number of hydrogen-bond donors (Lipinski definition) is 0. The molecule has 0 saturated carbocycles. The Hall–Kier alpha value is -7.89. The number of hydrogen-bond acceptors (Lipinski definition) is 4. The Morgan fingerprint density at radius 2 is 1.05 bits per heavy atom. The van der Waals surface area contributed by atoms with E-state index in [9.17, 15) is 5.48 Å². The second-order valence-corrected chi connectivity index (χ2v) is 31.1. The van der Waals surface area contributed by atoms with E-state index in [-0.39, 0.29) is 81.0 Å². The number of ether oxygens (including phenoxy) is 1. The minimum absolute atomic E-state index is 0.00707. The topological polar surface area (TPSA) is 33.5 Å². The van der Waals surface area contributed by atoms with E-state index in [1.165, 1.54) is 11.1 Å². The van der Waals surface area contributed by atoms with Crippen molar-refractivity contribution in [2.45, 2.75) is 182 Å². The molecule has 0 N–H and O–H groups in total. The predicted molar refractivity (Wildman–Crippen MR) is 372 cm³/mol. The van der Waals surface area contributed by atoms with Gasteiger partial charge in [-0.1, -0.05) is 228 Å². The molecule has 0 amide bonds. The monoisotopic (exact) mass is 1160 g/mol. The first-order chi connectivity index (χ1) is 44.5. The molecule has 87 heavy (non-hydrogen) atoms. The van der Waals surface area contributed by atoms with Gasteiger partial charge in [-0.2, -0.15) is 0 Å². The predicted octanol–water partition coefficient (Wildman–Crippen LogP) is 23.1. The maximum atomic E-state index is 9.62.